The van der Waals surface area contributed by atoms with E-state index < -0.39 is 22.9 Å². The Kier molecular flexibility index (Phi) is 7.01. The second-order valence-corrected chi connectivity index (χ2v) is 8.59. The van der Waals surface area contributed by atoms with Crippen molar-refractivity contribution in [3.8, 4) is 0 Å². The summed E-state index contributed by atoms with van der Waals surface area (Å²) in [7, 11) is 0. The smallest absolute Gasteiger partial charge is 1.00 e. The van der Waals surface area contributed by atoms with Gasteiger partial charge in [-0.3, -0.25) is 0 Å². The molecule has 0 fully saturated rings. The number of halogens is 2. The quantitative estimate of drug-likeness (QED) is 0.444. The molecule has 0 saturated carbocycles. The van der Waals surface area contributed by atoms with E-state index in [1.165, 1.54) is 12.8 Å². The Hall–Kier alpha value is 0.410. The van der Waals surface area contributed by atoms with E-state index in [-0.39, 0.29) is 24.8 Å². The Labute approximate surface area is 109 Å². The first-order valence-electron chi connectivity index (χ1n) is 4.35. The molecule has 0 heterocycles. The van der Waals surface area contributed by atoms with Gasteiger partial charge >= 0.3 is 85.3 Å². The van der Waals surface area contributed by atoms with E-state index in [9.17, 15) is 0 Å². The molecule has 0 spiro atoms. The first kappa shape index (κ1) is 14.4. The van der Waals surface area contributed by atoms with Gasteiger partial charge in [-0.15, -0.1) is 0 Å². The number of rotatable bonds is 2. The maximum absolute atomic E-state index is 2.34. The van der Waals surface area contributed by atoms with Crippen LogP contribution in [0.25, 0.3) is 0 Å². The van der Waals surface area contributed by atoms with Crippen LogP contribution in [0.5, 0.6) is 0 Å². The molecule has 0 nitrogen and oxygen atoms in total. The molecule has 0 unspecified atom stereocenters. The van der Waals surface area contributed by atoms with Crippen molar-refractivity contribution in [2.24, 2.45) is 0 Å². The molecule has 0 aliphatic heterocycles. The van der Waals surface area contributed by atoms with E-state index in [0.29, 0.717) is 0 Å². The molecule has 0 aromatic heterocycles. The third-order valence-electron chi connectivity index (χ3n) is 2.25. The van der Waals surface area contributed by atoms with Crippen molar-refractivity contribution in [3.63, 3.8) is 0 Å². The molecule has 2 aliphatic carbocycles. The SMILES string of the molecule is CC1=[C]([Hf+2][C]2=CC=CC2)CC=C1.[Cl-].[Cl-]. The van der Waals surface area contributed by atoms with E-state index in [1.54, 1.807) is 12.2 Å². The Bertz CT molecular complexity index is 311. The van der Waals surface area contributed by atoms with E-state index in [1.807, 2.05) is 0 Å². The Morgan fingerprint density at radius 2 is 1.93 bits per heavy atom. The van der Waals surface area contributed by atoms with Crippen molar-refractivity contribution in [3.05, 3.63) is 42.6 Å². The van der Waals surface area contributed by atoms with Crippen molar-refractivity contribution in [1.82, 2.24) is 0 Å². The Morgan fingerprint density at radius 1 is 1.14 bits per heavy atom. The Morgan fingerprint density at radius 3 is 2.43 bits per heavy atom. The molecule has 0 amide bonds. The first-order valence-corrected chi connectivity index (χ1v) is 7.94. The average molecular weight is 394 g/mol. The topological polar surface area (TPSA) is 0 Å². The van der Waals surface area contributed by atoms with Gasteiger partial charge in [-0.2, -0.15) is 0 Å². The van der Waals surface area contributed by atoms with Crippen LogP contribution in [0.15, 0.2) is 42.6 Å². The number of allylic oxidation sites excluding steroid dienone is 8. The maximum Gasteiger partial charge on any atom is -1.00 e. The molecule has 3 heteroatoms. The molecule has 2 aliphatic rings. The zero-order chi connectivity index (χ0) is 8.39. The second-order valence-electron chi connectivity index (χ2n) is 3.22. The fraction of sp³-hybridized carbons (Fsp3) is 0.273. The molecule has 0 aromatic rings. The van der Waals surface area contributed by atoms with Gasteiger partial charge in [-0.25, -0.2) is 0 Å². The summed E-state index contributed by atoms with van der Waals surface area (Å²) in [6, 6.07) is 0. The van der Waals surface area contributed by atoms with Gasteiger partial charge in [0, 0.05) is 0 Å². The van der Waals surface area contributed by atoms with Crippen LogP contribution in [-0.2, 0) is 22.9 Å². The zero-order valence-electron chi connectivity index (χ0n) is 8.06. The zero-order valence-corrected chi connectivity index (χ0v) is 13.2. The van der Waals surface area contributed by atoms with Crippen LogP contribution in [0.3, 0.4) is 0 Å². The predicted octanol–water partition coefficient (Wildman–Crippen LogP) is -2.85. The van der Waals surface area contributed by atoms with Gasteiger partial charge in [0.1, 0.15) is 0 Å². The largest absolute Gasteiger partial charge is 1.00 e. The minimum absolute atomic E-state index is 0. The summed E-state index contributed by atoms with van der Waals surface area (Å²) in [5.41, 5.74) is 1.56. The molecule has 0 saturated heterocycles. The van der Waals surface area contributed by atoms with Crippen LogP contribution < -0.4 is 24.8 Å². The monoisotopic (exact) mass is 394 g/mol. The van der Waals surface area contributed by atoms with Crippen molar-refractivity contribution in [2.75, 3.05) is 0 Å². The van der Waals surface area contributed by atoms with Crippen LogP contribution in [0.4, 0.5) is 0 Å². The molecule has 0 atom stereocenters. The summed E-state index contributed by atoms with van der Waals surface area (Å²) in [6.07, 6.45) is 13.9. The summed E-state index contributed by atoms with van der Waals surface area (Å²) in [6.45, 7) is 2.26. The van der Waals surface area contributed by atoms with E-state index in [0.717, 1.165) is 0 Å². The molecule has 14 heavy (non-hydrogen) atoms. The van der Waals surface area contributed by atoms with Crippen molar-refractivity contribution >= 4 is 0 Å². The van der Waals surface area contributed by atoms with Gasteiger partial charge in [0.25, 0.3) is 0 Å². The standard InChI is InChI=1S/C6H7.C5H5.2ClH.Hf/c1-6-4-2-3-5-6;1-2-4-5-3-1;;;/h2,4H,3H2,1H3;1-3H,4H2;2*1H;/q;;;;+2/p-2. The fourth-order valence-corrected chi connectivity index (χ4v) is 6.12. The minimum Gasteiger partial charge on any atom is -1.00 e. The summed E-state index contributed by atoms with van der Waals surface area (Å²) in [5.74, 6) is 0. The van der Waals surface area contributed by atoms with Gasteiger partial charge < -0.3 is 24.8 Å². The third-order valence-corrected chi connectivity index (χ3v) is 7.97. The third kappa shape index (κ3) is 3.52. The summed E-state index contributed by atoms with van der Waals surface area (Å²) in [4.78, 5) is 0. The van der Waals surface area contributed by atoms with Crippen LogP contribution in [-0.4, -0.2) is 0 Å². The molecule has 2 rings (SSSR count). The summed E-state index contributed by atoms with van der Waals surface area (Å²) >= 11 is -0.569. The molecule has 0 N–H and O–H groups in total. The second kappa shape index (κ2) is 6.81. The summed E-state index contributed by atoms with van der Waals surface area (Å²) < 4.78 is 3.55. The van der Waals surface area contributed by atoms with Gasteiger partial charge in [0.05, 0.1) is 0 Å². The molecule has 0 radical (unpaired) electrons. The van der Waals surface area contributed by atoms with Crippen molar-refractivity contribution in [1.29, 1.82) is 0 Å². The fourth-order valence-electron chi connectivity index (χ4n) is 1.50. The molecular formula is C11H12Cl2Hf. The Balaban J connectivity index is 0.000000845. The van der Waals surface area contributed by atoms with E-state index in [4.69, 9.17) is 0 Å². The normalized spacial score (nSPS) is 17.4. The van der Waals surface area contributed by atoms with Crippen LogP contribution >= 0.6 is 0 Å². The molecule has 74 valence electrons. The van der Waals surface area contributed by atoms with Crippen LogP contribution in [0.2, 0.25) is 0 Å². The van der Waals surface area contributed by atoms with E-state index in [2.05, 4.69) is 37.3 Å². The van der Waals surface area contributed by atoms with Crippen molar-refractivity contribution in [2.45, 2.75) is 19.8 Å². The molecular weight excluding hydrogens is 382 g/mol. The number of hydrogen-bond donors (Lipinski definition) is 0. The van der Waals surface area contributed by atoms with E-state index >= 15 is 0 Å². The minimum atomic E-state index is -0.569. The molecule has 0 bridgehead atoms. The summed E-state index contributed by atoms with van der Waals surface area (Å²) in [5, 5.41) is 0. The maximum atomic E-state index is 2.34. The van der Waals surface area contributed by atoms with Gasteiger partial charge in [-0.05, 0) is 0 Å². The predicted molar refractivity (Wildman–Crippen MR) is 48.3 cm³/mol. The number of hydrogen-bond acceptors (Lipinski definition) is 0. The van der Waals surface area contributed by atoms with Gasteiger partial charge in [0.2, 0.25) is 0 Å². The van der Waals surface area contributed by atoms with Gasteiger partial charge in [0.15, 0.2) is 0 Å². The van der Waals surface area contributed by atoms with Gasteiger partial charge in [-0.1, -0.05) is 0 Å². The molecule has 0 aromatic carbocycles. The first-order chi connectivity index (χ1) is 5.86. The van der Waals surface area contributed by atoms with Crippen molar-refractivity contribution < 1.29 is 47.7 Å². The van der Waals surface area contributed by atoms with Crippen LogP contribution in [0, 0.1) is 0 Å². The van der Waals surface area contributed by atoms with Crippen LogP contribution in [0.1, 0.15) is 19.8 Å². The average Bonchev–Trinajstić information content (AvgIpc) is 2.65.